The fourth-order valence-corrected chi connectivity index (χ4v) is 3.71. The molecule has 31 heavy (non-hydrogen) atoms. The van der Waals surface area contributed by atoms with Crippen molar-refractivity contribution >= 4 is 29.0 Å². The van der Waals surface area contributed by atoms with E-state index in [-0.39, 0.29) is 16.8 Å². The molecule has 162 valence electrons. The molecule has 0 saturated carbocycles. The number of anilines is 2. The number of aromatic nitrogens is 5. The Morgan fingerprint density at radius 2 is 1.97 bits per heavy atom. The number of alkyl halides is 3. The number of hydrogen-bond acceptors (Lipinski definition) is 6. The van der Waals surface area contributed by atoms with Gasteiger partial charge in [0.05, 0.1) is 16.3 Å². The minimum absolute atomic E-state index is 0.0582. The smallest absolute Gasteiger partial charge is 0.355 e. The van der Waals surface area contributed by atoms with E-state index < -0.39 is 11.7 Å². The minimum atomic E-state index is -4.50. The fraction of sp³-hybridized carbons (Fsp3) is 0.316. The molecule has 0 spiro atoms. The molecule has 0 bridgehead atoms. The molecule has 2 aromatic heterocycles. The van der Waals surface area contributed by atoms with E-state index in [0.717, 1.165) is 12.3 Å². The van der Waals surface area contributed by atoms with Gasteiger partial charge in [-0.25, -0.2) is 9.67 Å². The third-order valence-corrected chi connectivity index (χ3v) is 5.32. The van der Waals surface area contributed by atoms with E-state index in [4.69, 9.17) is 11.6 Å². The van der Waals surface area contributed by atoms with Crippen LogP contribution < -0.4 is 10.2 Å². The monoisotopic (exact) mass is 451 g/mol. The number of nitrogens with one attached hydrogen (secondary N) is 1. The topological polar surface area (TPSA) is 88.8 Å². The minimum Gasteiger partial charge on any atom is -0.355 e. The van der Waals surface area contributed by atoms with Crippen LogP contribution in [0.15, 0.2) is 42.9 Å². The first kappa shape index (κ1) is 21.0. The van der Waals surface area contributed by atoms with Crippen molar-refractivity contribution in [3.05, 3.63) is 53.4 Å². The van der Waals surface area contributed by atoms with Crippen LogP contribution in [-0.2, 0) is 11.0 Å². The molecule has 1 aliphatic heterocycles. The van der Waals surface area contributed by atoms with Gasteiger partial charge in [0.1, 0.15) is 12.1 Å². The van der Waals surface area contributed by atoms with Gasteiger partial charge < -0.3 is 10.2 Å². The van der Waals surface area contributed by atoms with Crippen LogP contribution in [0.4, 0.5) is 24.7 Å². The third kappa shape index (κ3) is 4.76. The predicted molar refractivity (Wildman–Crippen MR) is 107 cm³/mol. The Hall–Kier alpha value is -3.21. The summed E-state index contributed by atoms with van der Waals surface area (Å²) in [5, 5.41) is 13.8. The van der Waals surface area contributed by atoms with Gasteiger partial charge in [-0.2, -0.15) is 13.2 Å². The molecule has 3 heterocycles. The predicted octanol–water partition coefficient (Wildman–Crippen LogP) is 3.58. The Labute approximate surface area is 180 Å². The Kier molecular flexibility index (Phi) is 5.77. The average Bonchev–Trinajstić information content (AvgIpc) is 3.28. The molecule has 1 N–H and O–H groups in total. The van der Waals surface area contributed by atoms with Crippen LogP contribution in [0.25, 0.3) is 5.69 Å². The number of amides is 1. The zero-order valence-corrected chi connectivity index (χ0v) is 16.8. The lowest BCUT2D eigenvalue weighted by molar-refractivity contribution is -0.137. The summed E-state index contributed by atoms with van der Waals surface area (Å²) < 4.78 is 39.9. The molecule has 1 aliphatic rings. The Bertz CT molecular complexity index is 1070. The van der Waals surface area contributed by atoms with Crippen molar-refractivity contribution in [1.82, 2.24) is 25.2 Å². The number of nitrogens with zero attached hydrogens (tertiary/aromatic N) is 6. The van der Waals surface area contributed by atoms with Crippen LogP contribution in [-0.4, -0.2) is 44.2 Å². The van der Waals surface area contributed by atoms with E-state index in [0.29, 0.717) is 43.1 Å². The Balaban J connectivity index is 1.37. The van der Waals surface area contributed by atoms with Gasteiger partial charge in [0.25, 0.3) is 0 Å². The molecule has 1 saturated heterocycles. The van der Waals surface area contributed by atoms with Gasteiger partial charge in [0, 0.05) is 30.9 Å². The van der Waals surface area contributed by atoms with Gasteiger partial charge in [-0.15, -0.1) is 5.10 Å². The normalized spacial score (nSPS) is 15.2. The molecule has 0 atom stereocenters. The van der Waals surface area contributed by atoms with E-state index in [1.54, 1.807) is 23.1 Å². The van der Waals surface area contributed by atoms with Gasteiger partial charge in [-0.1, -0.05) is 17.7 Å². The average molecular weight is 452 g/mol. The summed E-state index contributed by atoms with van der Waals surface area (Å²) >= 11 is 6.03. The lowest BCUT2D eigenvalue weighted by atomic mass is 9.95. The first-order valence-corrected chi connectivity index (χ1v) is 9.81. The standard InChI is InChI=1S/C19H17ClF3N7O/c20-16-8-13(19(21,22)23)10-24-17(16)29-6-4-12(5-7-29)18(31)26-14-2-1-3-15(9-14)30-11-25-27-28-30/h1-3,8-12H,4-7H2,(H,26,31). The van der Waals surface area contributed by atoms with Crippen LogP contribution in [0.3, 0.4) is 0 Å². The van der Waals surface area contributed by atoms with Crippen molar-refractivity contribution < 1.29 is 18.0 Å². The van der Waals surface area contributed by atoms with E-state index >= 15 is 0 Å². The SMILES string of the molecule is O=C(Nc1cccc(-n2cnnn2)c1)C1CCN(c2ncc(C(F)(F)F)cc2Cl)CC1. The molecule has 4 rings (SSSR count). The lowest BCUT2D eigenvalue weighted by Gasteiger charge is -2.32. The second kappa shape index (κ2) is 8.50. The third-order valence-electron chi connectivity index (χ3n) is 5.04. The molecule has 0 radical (unpaired) electrons. The van der Waals surface area contributed by atoms with Gasteiger partial charge in [0.15, 0.2) is 0 Å². The maximum absolute atomic E-state index is 12.8. The Morgan fingerprint density at radius 1 is 1.19 bits per heavy atom. The molecule has 0 unspecified atom stereocenters. The highest BCUT2D eigenvalue weighted by atomic mass is 35.5. The largest absolute Gasteiger partial charge is 0.417 e. The van der Waals surface area contributed by atoms with Crippen molar-refractivity contribution in [1.29, 1.82) is 0 Å². The van der Waals surface area contributed by atoms with Crippen molar-refractivity contribution in [2.75, 3.05) is 23.3 Å². The van der Waals surface area contributed by atoms with Crippen LogP contribution in [0.1, 0.15) is 18.4 Å². The number of piperidine rings is 1. The summed E-state index contributed by atoms with van der Waals surface area (Å²) in [7, 11) is 0. The Morgan fingerprint density at radius 3 is 2.61 bits per heavy atom. The van der Waals surface area contributed by atoms with Gasteiger partial charge in [-0.3, -0.25) is 4.79 Å². The summed E-state index contributed by atoms with van der Waals surface area (Å²) in [6.45, 7) is 0.918. The highest BCUT2D eigenvalue weighted by molar-refractivity contribution is 6.33. The van der Waals surface area contributed by atoms with Crippen molar-refractivity contribution in [2.45, 2.75) is 19.0 Å². The molecule has 12 heteroatoms. The maximum atomic E-state index is 12.8. The first-order chi connectivity index (χ1) is 14.8. The van der Waals surface area contributed by atoms with Crippen molar-refractivity contribution in [2.24, 2.45) is 5.92 Å². The lowest BCUT2D eigenvalue weighted by Crippen LogP contribution is -2.38. The molecule has 0 aliphatic carbocycles. The van der Waals surface area contributed by atoms with Crippen LogP contribution in [0, 0.1) is 5.92 Å². The quantitative estimate of drug-likeness (QED) is 0.652. The molecule has 1 aromatic carbocycles. The van der Waals surface area contributed by atoms with E-state index in [2.05, 4.69) is 25.8 Å². The molecule has 1 fully saturated rings. The van der Waals surface area contributed by atoms with E-state index in [1.807, 2.05) is 6.07 Å². The molecular formula is C19H17ClF3N7O. The highest BCUT2D eigenvalue weighted by Gasteiger charge is 2.33. The molecular weight excluding hydrogens is 435 g/mol. The van der Waals surface area contributed by atoms with Crippen molar-refractivity contribution in [3.8, 4) is 5.69 Å². The zero-order chi connectivity index (χ0) is 22.0. The van der Waals surface area contributed by atoms with Gasteiger partial charge in [0.2, 0.25) is 5.91 Å². The molecule has 1 amide bonds. The number of tetrazole rings is 1. The summed E-state index contributed by atoms with van der Waals surface area (Å²) in [4.78, 5) is 18.4. The van der Waals surface area contributed by atoms with E-state index in [9.17, 15) is 18.0 Å². The molecule has 3 aromatic rings. The van der Waals surface area contributed by atoms with Crippen LogP contribution >= 0.6 is 11.6 Å². The summed E-state index contributed by atoms with van der Waals surface area (Å²) in [6.07, 6.45) is -1.22. The van der Waals surface area contributed by atoms with Crippen LogP contribution in [0.5, 0.6) is 0 Å². The number of hydrogen-bond donors (Lipinski definition) is 1. The zero-order valence-electron chi connectivity index (χ0n) is 16.1. The number of pyridine rings is 1. The summed E-state index contributed by atoms with van der Waals surface area (Å²) in [5.74, 6) is -0.0659. The number of rotatable bonds is 4. The second-order valence-corrected chi connectivity index (χ2v) is 7.49. The van der Waals surface area contributed by atoms with Gasteiger partial charge in [-0.05, 0) is 47.5 Å². The summed E-state index contributed by atoms with van der Waals surface area (Å²) in [5.41, 5.74) is 0.438. The van der Waals surface area contributed by atoms with Crippen molar-refractivity contribution in [3.63, 3.8) is 0 Å². The number of carbonyl (C=O) groups excluding carboxylic acids is 1. The van der Waals surface area contributed by atoms with E-state index in [1.165, 1.54) is 11.0 Å². The second-order valence-electron chi connectivity index (χ2n) is 7.08. The number of carbonyl (C=O) groups is 1. The first-order valence-electron chi connectivity index (χ1n) is 9.43. The summed E-state index contributed by atoms with van der Waals surface area (Å²) in [6, 6.07) is 8.00. The number of halogens is 4. The van der Waals surface area contributed by atoms with Gasteiger partial charge >= 0.3 is 6.18 Å². The fourth-order valence-electron chi connectivity index (χ4n) is 3.42. The van der Waals surface area contributed by atoms with Crippen LogP contribution in [0.2, 0.25) is 5.02 Å². The number of benzene rings is 1. The maximum Gasteiger partial charge on any atom is 0.417 e. The highest BCUT2D eigenvalue weighted by Crippen LogP contribution is 2.34. The molecule has 8 nitrogen and oxygen atoms in total.